The Kier molecular flexibility index (Phi) is 5.04. The number of carbonyl (C=O) groups excluding carboxylic acids is 1. The molecule has 0 aromatic heterocycles. The Bertz CT molecular complexity index is 613. The molecule has 0 saturated heterocycles. The highest BCUT2D eigenvalue weighted by atomic mass is 32.2. The molecule has 1 aromatic carbocycles. The average Bonchev–Trinajstić information content (AvgIpc) is 2.95. The second kappa shape index (κ2) is 6.60. The zero-order valence-electron chi connectivity index (χ0n) is 12.6. The Labute approximate surface area is 126 Å². The van der Waals surface area contributed by atoms with Crippen molar-refractivity contribution in [3.8, 4) is 5.75 Å². The monoisotopic (exact) mass is 310 g/mol. The maximum atomic E-state index is 12.5. The van der Waals surface area contributed by atoms with Crippen molar-refractivity contribution >= 4 is 15.6 Å². The summed E-state index contributed by atoms with van der Waals surface area (Å²) in [5.41, 5.74) is 1.12. The van der Waals surface area contributed by atoms with Crippen LogP contribution in [0.1, 0.15) is 55.5 Å². The van der Waals surface area contributed by atoms with Crippen LogP contribution in [0.5, 0.6) is 5.75 Å². The van der Waals surface area contributed by atoms with Crippen molar-refractivity contribution in [2.45, 2.75) is 50.5 Å². The molecule has 0 spiro atoms. The van der Waals surface area contributed by atoms with Crippen molar-refractivity contribution in [2.75, 3.05) is 6.61 Å². The lowest BCUT2D eigenvalue weighted by atomic mass is 10.1. The molecule has 21 heavy (non-hydrogen) atoms. The highest BCUT2D eigenvalue weighted by Gasteiger charge is 2.29. The molecule has 0 heterocycles. The molecular weight excluding hydrogens is 288 g/mol. The van der Waals surface area contributed by atoms with Gasteiger partial charge in [-0.05, 0) is 44.9 Å². The predicted octanol–water partition coefficient (Wildman–Crippen LogP) is 3.15. The number of hydrogen-bond acceptors (Lipinski definition) is 4. The minimum absolute atomic E-state index is 0.0475. The second-order valence-corrected chi connectivity index (χ2v) is 7.81. The van der Waals surface area contributed by atoms with Crippen molar-refractivity contribution in [3.05, 3.63) is 29.3 Å². The molecule has 1 aromatic rings. The Morgan fingerprint density at radius 3 is 2.52 bits per heavy atom. The Morgan fingerprint density at radius 2 is 1.95 bits per heavy atom. The molecule has 1 aliphatic rings. The zero-order valence-corrected chi connectivity index (χ0v) is 13.4. The van der Waals surface area contributed by atoms with Gasteiger partial charge in [0.2, 0.25) is 0 Å². The van der Waals surface area contributed by atoms with Gasteiger partial charge in [0, 0.05) is 11.1 Å². The summed E-state index contributed by atoms with van der Waals surface area (Å²) in [6.45, 7) is 3.80. The van der Waals surface area contributed by atoms with Crippen molar-refractivity contribution in [2.24, 2.45) is 0 Å². The molecule has 0 unspecified atom stereocenters. The van der Waals surface area contributed by atoms with Crippen LogP contribution in [0.4, 0.5) is 0 Å². The van der Waals surface area contributed by atoms with Gasteiger partial charge in [0.1, 0.15) is 5.75 Å². The number of rotatable bonds is 6. The first-order valence-electron chi connectivity index (χ1n) is 7.42. The Morgan fingerprint density at radius 1 is 1.29 bits per heavy atom. The van der Waals surface area contributed by atoms with Crippen LogP contribution < -0.4 is 4.74 Å². The van der Waals surface area contributed by atoms with Crippen molar-refractivity contribution in [1.82, 2.24) is 0 Å². The van der Waals surface area contributed by atoms with E-state index in [4.69, 9.17) is 4.74 Å². The van der Waals surface area contributed by atoms with Gasteiger partial charge < -0.3 is 4.74 Å². The Hall–Kier alpha value is -1.36. The fourth-order valence-electron chi connectivity index (χ4n) is 2.79. The van der Waals surface area contributed by atoms with E-state index in [1.54, 1.807) is 18.2 Å². The molecule has 1 aliphatic carbocycles. The van der Waals surface area contributed by atoms with Crippen LogP contribution in [-0.4, -0.2) is 26.1 Å². The molecule has 1 fully saturated rings. The molecule has 0 amide bonds. The van der Waals surface area contributed by atoms with Crippen LogP contribution in [0.2, 0.25) is 0 Å². The summed E-state index contributed by atoms with van der Waals surface area (Å²) in [5, 5.41) is -0.243. The first-order chi connectivity index (χ1) is 9.94. The van der Waals surface area contributed by atoms with E-state index in [-0.39, 0.29) is 16.8 Å². The number of carbonyl (C=O) groups is 1. The van der Waals surface area contributed by atoms with Gasteiger partial charge in [0.05, 0.1) is 17.6 Å². The molecule has 0 N–H and O–H groups in total. The minimum atomic E-state index is -3.19. The highest BCUT2D eigenvalue weighted by molar-refractivity contribution is 7.91. The molecule has 4 nitrogen and oxygen atoms in total. The van der Waals surface area contributed by atoms with E-state index in [1.165, 1.54) is 6.92 Å². The zero-order chi connectivity index (χ0) is 15.5. The summed E-state index contributed by atoms with van der Waals surface area (Å²) in [4.78, 5) is 11.5. The van der Waals surface area contributed by atoms with E-state index < -0.39 is 9.84 Å². The van der Waals surface area contributed by atoms with Crippen molar-refractivity contribution in [3.63, 3.8) is 0 Å². The molecule has 0 atom stereocenters. The van der Waals surface area contributed by atoms with Gasteiger partial charge in [-0.25, -0.2) is 8.42 Å². The summed E-state index contributed by atoms with van der Waals surface area (Å²) in [6.07, 6.45) is 3.46. The Balaban J connectivity index is 2.31. The first-order valence-corrected chi connectivity index (χ1v) is 9.14. The maximum absolute atomic E-state index is 12.5. The topological polar surface area (TPSA) is 60.4 Å². The number of benzene rings is 1. The van der Waals surface area contributed by atoms with Gasteiger partial charge in [-0.3, -0.25) is 4.79 Å². The van der Waals surface area contributed by atoms with E-state index in [1.807, 2.05) is 6.92 Å². The van der Waals surface area contributed by atoms with E-state index in [0.717, 1.165) is 25.7 Å². The minimum Gasteiger partial charge on any atom is -0.494 e. The lowest BCUT2D eigenvalue weighted by molar-refractivity contribution is 0.101. The van der Waals surface area contributed by atoms with Gasteiger partial charge in [-0.1, -0.05) is 12.8 Å². The van der Waals surface area contributed by atoms with Gasteiger partial charge in [-0.15, -0.1) is 0 Å². The predicted molar refractivity (Wildman–Crippen MR) is 82.5 cm³/mol. The second-order valence-electron chi connectivity index (χ2n) is 5.53. The smallest absolute Gasteiger partial charge is 0.159 e. The molecule has 5 heteroatoms. The summed E-state index contributed by atoms with van der Waals surface area (Å²) >= 11 is 0. The summed E-state index contributed by atoms with van der Waals surface area (Å²) in [5.74, 6) is 0.440. The van der Waals surface area contributed by atoms with E-state index in [2.05, 4.69) is 0 Å². The normalized spacial score (nSPS) is 16.1. The van der Waals surface area contributed by atoms with Crippen LogP contribution in [-0.2, 0) is 15.6 Å². The van der Waals surface area contributed by atoms with Gasteiger partial charge in [0.25, 0.3) is 0 Å². The lowest BCUT2D eigenvalue weighted by Gasteiger charge is -2.15. The average molecular weight is 310 g/mol. The fraction of sp³-hybridized carbons (Fsp3) is 0.562. The largest absolute Gasteiger partial charge is 0.494 e. The molecule has 0 bridgehead atoms. The van der Waals surface area contributed by atoms with Gasteiger partial charge in [0.15, 0.2) is 15.6 Å². The lowest BCUT2D eigenvalue weighted by Crippen LogP contribution is -2.20. The molecule has 0 radical (unpaired) electrons. The van der Waals surface area contributed by atoms with Gasteiger partial charge in [-0.2, -0.15) is 0 Å². The fourth-order valence-corrected chi connectivity index (χ4v) is 4.74. The SMILES string of the molecule is CCOc1ccc(C(C)=O)cc1CS(=O)(=O)C1CCCC1. The van der Waals surface area contributed by atoms with Crippen LogP contribution >= 0.6 is 0 Å². The van der Waals surface area contributed by atoms with Crippen LogP contribution in [0.3, 0.4) is 0 Å². The maximum Gasteiger partial charge on any atom is 0.159 e. The molecule has 0 aliphatic heterocycles. The standard InChI is InChI=1S/C16H22O4S/c1-3-20-16-9-8-13(12(2)17)10-14(16)11-21(18,19)15-6-4-5-7-15/h8-10,15H,3-7,11H2,1-2H3. The third kappa shape index (κ3) is 3.84. The number of hydrogen-bond donors (Lipinski definition) is 0. The van der Waals surface area contributed by atoms with Crippen molar-refractivity contribution < 1.29 is 17.9 Å². The molecule has 116 valence electrons. The van der Waals surface area contributed by atoms with Gasteiger partial charge >= 0.3 is 0 Å². The summed E-state index contributed by atoms with van der Waals surface area (Å²) in [6, 6.07) is 5.03. The van der Waals surface area contributed by atoms with E-state index in [0.29, 0.717) is 23.5 Å². The van der Waals surface area contributed by atoms with E-state index in [9.17, 15) is 13.2 Å². The molecule has 2 rings (SSSR count). The third-order valence-corrected chi connectivity index (χ3v) is 6.13. The number of ether oxygens (including phenoxy) is 1. The van der Waals surface area contributed by atoms with E-state index >= 15 is 0 Å². The highest BCUT2D eigenvalue weighted by Crippen LogP contribution is 2.30. The quantitative estimate of drug-likeness (QED) is 0.757. The van der Waals surface area contributed by atoms with Crippen LogP contribution in [0.15, 0.2) is 18.2 Å². The summed E-state index contributed by atoms with van der Waals surface area (Å²) in [7, 11) is -3.19. The van der Waals surface area contributed by atoms with Crippen LogP contribution in [0, 0.1) is 0 Å². The summed E-state index contributed by atoms with van der Waals surface area (Å²) < 4.78 is 30.5. The third-order valence-electron chi connectivity index (χ3n) is 3.93. The first kappa shape index (κ1) is 16.0. The molecular formula is C16H22O4S. The number of sulfone groups is 1. The van der Waals surface area contributed by atoms with Crippen molar-refractivity contribution in [1.29, 1.82) is 0 Å². The number of Topliss-reactive ketones (excluding diaryl/α,β-unsaturated/α-hetero) is 1. The van der Waals surface area contributed by atoms with Crippen LogP contribution in [0.25, 0.3) is 0 Å². The molecule has 1 saturated carbocycles. The number of ketones is 1.